The van der Waals surface area contributed by atoms with Crippen molar-refractivity contribution >= 4 is 21.8 Å². The Morgan fingerprint density at radius 2 is 1.68 bits per heavy atom. The number of hydrogen-bond donors (Lipinski definition) is 1. The zero-order chi connectivity index (χ0) is 20.7. The summed E-state index contributed by atoms with van der Waals surface area (Å²) < 4.78 is 43.8. The summed E-state index contributed by atoms with van der Waals surface area (Å²) in [7, 11) is -3.98. The third-order valence-corrected chi connectivity index (χ3v) is 5.73. The Balaban J connectivity index is 1.84. The number of sulfonamides is 1. The molecule has 2 aromatic rings. The molecule has 0 saturated carbocycles. The van der Waals surface area contributed by atoms with E-state index in [1.807, 2.05) is 16.9 Å². The summed E-state index contributed by atoms with van der Waals surface area (Å²) in [6, 6.07) is 11.2. The minimum absolute atomic E-state index is 0.181. The number of carbonyl (C=O) groups is 2. The number of rotatable bonds is 9. The number of carbonyl (C=O) groups excluding carboxylic acids is 2. The highest BCUT2D eigenvalue weighted by molar-refractivity contribution is 7.89. The molecule has 2 aromatic carbocycles. The molecule has 0 unspecified atom stereocenters. The fourth-order valence-electron chi connectivity index (χ4n) is 2.36. The quantitative estimate of drug-likeness (QED) is 0.510. The average molecular weight is 407 g/mol. The second-order valence-electron chi connectivity index (χ2n) is 6.29. The van der Waals surface area contributed by atoms with E-state index in [0.29, 0.717) is 11.5 Å². The maximum absolute atomic E-state index is 12.9. The molecule has 6 nitrogen and oxygen atoms in total. The van der Waals surface area contributed by atoms with Crippen LogP contribution in [-0.2, 0) is 19.6 Å². The highest BCUT2D eigenvalue weighted by atomic mass is 32.2. The van der Waals surface area contributed by atoms with Gasteiger partial charge in [0.2, 0.25) is 10.0 Å². The van der Waals surface area contributed by atoms with E-state index in [1.54, 1.807) is 12.1 Å². The maximum Gasteiger partial charge on any atom is 0.321 e. The molecular formula is C20H22FNO5S. The zero-order valence-electron chi connectivity index (χ0n) is 15.6. The van der Waals surface area contributed by atoms with Crippen molar-refractivity contribution in [2.75, 3.05) is 13.2 Å². The lowest BCUT2D eigenvalue weighted by atomic mass is 9.97. The molecule has 0 saturated heterocycles. The highest BCUT2D eigenvalue weighted by Gasteiger charge is 2.17. The van der Waals surface area contributed by atoms with Gasteiger partial charge in [0, 0.05) is 5.56 Å². The molecule has 0 spiro atoms. The Bertz CT molecular complexity index is 924. The second-order valence-corrected chi connectivity index (χ2v) is 8.06. The Morgan fingerprint density at radius 1 is 1.07 bits per heavy atom. The molecule has 0 fully saturated rings. The summed E-state index contributed by atoms with van der Waals surface area (Å²) in [5.41, 5.74) is 1.53. The minimum atomic E-state index is -3.98. The van der Waals surface area contributed by atoms with Gasteiger partial charge < -0.3 is 4.74 Å². The molecule has 150 valence electrons. The first-order chi connectivity index (χ1) is 13.2. The second kappa shape index (κ2) is 9.57. The number of benzene rings is 2. The fourth-order valence-corrected chi connectivity index (χ4v) is 3.33. The van der Waals surface area contributed by atoms with Crippen LogP contribution in [0.4, 0.5) is 4.39 Å². The van der Waals surface area contributed by atoms with E-state index >= 15 is 0 Å². The Kier molecular flexibility index (Phi) is 7.42. The average Bonchev–Trinajstić information content (AvgIpc) is 2.70. The monoisotopic (exact) mass is 407 g/mol. The smallest absolute Gasteiger partial charge is 0.321 e. The van der Waals surface area contributed by atoms with Gasteiger partial charge in [0.1, 0.15) is 12.4 Å². The summed E-state index contributed by atoms with van der Waals surface area (Å²) in [6.45, 7) is 3.04. The largest absolute Gasteiger partial charge is 0.456 e. The van der Waals surface area contributed by atoms with Crippen LogP contribution >= 0.6 is 0 Å². The van der Waals surface area contributed by atoms with Crippen LogP contribution in [0, 0.1) is 5.82 Å². The van der Waals surface area contributed by atoms with E-state index in [-0.39, 0.29) is 10.7 Å². The van der Waals surface area contributed by atoms with Gasteiger partial charge in [-0.05, 0) is 42.2 Å². The summed E-state index contributed by atoms with van der Waals surface area (Å²) in [4.78, 5) is 23.7. The Labute approximate surface area is 163 Å². The standard InChI is InChI=1S/C20H22FNO5S/c1-3-14(2)15-4-6-16(7-5-15)19(23)13-27-20(24)12-22-28(25,26)18-10-8-17(21)9-11-18/h4-11,14,22H,3,12-13H2,1-2H3/t14-/m1/s1. The molecule has 0 radical (unpaired) electrons. The van der Waals surface area contributed by atoms with Crippen molar-refractivity contribution in [2.24, 2.45) is 0 Å². The molecule has 0 aliphatic carbocycles. The van der Waals surface area contributed by atoms with Crippen molar-refractivity contribution in [3.63, 3.8) is 0 Å². The lowest BCUT2D eigenvalue weighted by Gasteiger charge is -2.10. The van der Waals surface area contributed by atoms with Gasteiger partial charge in [0.05, 0.1) is 4.90 Å². The molecule has 0 bridgehead atoms. The Morgan fingerprint density at radius 3 is 2.25 bits per heavy atom. The molecule has 1 N–H and O–H groups in total. The van der Waals surface area contributed by atoms with Crippen molar-refractivity contribution in [2.45, 2.75) is 31.1 Å². The van der Waals surface area contributed by atoms with E-state index < -0.39 is 35.0 Å². The molecule has 28 heavy (non-hydrogen) atoms. The molecule has 1 atom stereocenters. The number of ether oxygens (including phenoxy) is 1. The lowest BCUT2D eigenvalue weighted by molar-refractivity contribution is -0.141. The van der Waals surface area contributed by atoms with E-state index in [0.717, 1.165) is 36.2 Å². The van der Waals surface area contributed by atoms with Crippen LogP contribution < -0.4 is 4.72 Å². The first kappa shape index (κ1) is 21.7. The van der Waals surface area contributed by atoms with E-state index in [1.165, 1.54) is 0 Å². The van der Waals surface area contributed by atoms with Crippen LogP contribution in [0.1, 0.15) is 42.1 Å². The van der Waals surface area contributed by atoms with E-state index in [2.05, 4.69) is 13.8 Å². The number of hydrogen-bond acceptors (Lipinski definition) is 5. The first-order valence-corrected chi connectivity index (χ1v) is 10.2. The van der Waals surface area contributed by atoms with Gasteiger partial charge in [-0.3, -0.25) is 9.59 Å². The number of halogens is 1. The predicted octanol–water partition coefficient (Wildman–Crippen LogP) is 3.04. The highest BCUT2D eigenvalue weighted by Crippen LogP contribution is 2.19. The maximum atomic E-state index is 12.9. The zero-order valence-corrected chi connectivity index (χ0v) is 16.5. The van der Waals surface area contributed by atoms with Crippen molar-refractivity contribution in [1.29, 1.82) is 0 Å². The van der Waals surface area contributed by atoms with Crippen LogP contribution in [0.3, 0.4) is 0 Å². The third kappa shape index (κ3) is 5.97. The van der Waals surface area contributed by atoms with Crippen LogP contribution in [0.25, 0.3) is 0 Å². The number of nitrogens with one attached hydrogen (secondary N) is 1. The molecule has 0 aliphatic rings. The Hall–Kier alpha value is -2.58. The lowest BCUT2D eigenvalue weighted by Crippen LogP contribution is -2.31. The number of Topliss-reactive ketones (excluding diaryl/α,β-unsaturated/α-hetero) is 1. The van der Waals surface area contributed by atoms with Gasteiger partial charge in [-0.15, -0.1) is 0 Å². The van der Waals surface area contributed by atoms with Crippen molar-refractivity contribution in [1.82, 2.24) is 4.72 Å². The third-order valence-electron chi connectivity index (χ3n) is 4.31. The van der Waals surface area contributed by atoms with E-state index in [9.17, 15) is 22.4 Å². The van der Waals surface area contributed by atoms with Gasteiger partial charge in [-0.25, -0.2) is 12.8 Å². The van der Waals surface area contributed by atoms with Gasteiger partial charge >= 0.3 is 5.97 Å². The van der Waals surface area contributed by atoms with Crippen LogP contribution in [0.2, 0.25) is 0 Å². The molecule has 0 aromatic heterocycles. The van der Waals surface area contributed by atoms with Gasteiger partial charge in [-0.2, -0.15) is 4.72 Å². The summed E-state index contributed by atoms with van der Waals surface area (Å²) in [5.74, 6) is -1.47. The molecule has 2 rings (SSSR count). The van der Waals surface area contributed by atoms with Crippen molar-refractivity contribution in [3.8, 4) is 0 Å². The summed E-state index contributed by atoms with van der Waals surface area (Å²) in [6.07, 6.45) is 0.985. The molecular weight excluding hydrogens is 385 g/mol. The first-order valence-electron chi connectivity index (χ1n) is 8.77. The normalized spacial score (nSPS) is 12.4. The van der Waals surface area contributed by atoms with Gasteiger partial charge in [0.25, 0.3) is 0 Å². The van der Waals surface area contributed by atoms with Crippen LogP contribution in [0.15, 0.2) is 53.4 Å². The minimum Gasteiger partial charge on any atom is -0.456 e. The van der Waals surface area contributed by atoms with Crippen molar-refractivity contribution < 1.29 is 27.1 Å². The topological polar surface area (TPSA) is 89.5 Å². The van der Waals surface area contributed by atoms with Gasteiger partial charge in [-0.1, -0.05) is 38.1 Å². The summed E-state index contributed by atoms with van der Waals surface area (Å²) >= 11 is 0. The van der Waals surface area contributed by atoms with Gasteiger partial charge in [0.15, 0.2) is 12.4 Å². The molecule has 0 aliphatic heterocycles. The molecule has 0 amide bonds. The molecule has 8 heteroatoms. The molecule has 0 heterocycles. The predicted molar refractivity (Wildman–Crippen MR) is 102 cm³/mol. The van der Waals surface area contributed by atoms with Crippen molar-refractivity contribution in [3.05, 3.63) is 65.5 Å². The number of esters is 1. The van der Waals surface area contributed by atoms with E-state index in [4.69, 9.17) is 4.74 Å². The van der Waals surface area contributed by atoms with Crippen LogP contribution in [-0.4, -0.2) is 33.3 Å². The SMILES string of the molecule is CC[C@@H](C)c1ccc(C(=O)COC(=O)CNS(=O)(=O)c2ccc(F)cc2)cc1. The fraction of sp³-hybridized carbons (Fsp3) is 0.300. The van der Waals surface area contributed by atoms with Crippen LogP contribution in [0.5, 0.6) is 0 Å². The summed E-state index contributed by atoms with van der Waals surface area (Å²) in [5, 5.41) is 0. The number of ketones is 1.